The Kier molecular flexibility index (Phi) is 16.0. The fourth-order valence-corrected chi connectivity index (χ4v) is 10.0. The van der Waals surface area contributed by atoms with E-state index < -0.39 is 38.9 Å². The minimum Gasteiger partial charge on any atom is -0.481 e. The Balaban J connectivity index is 1.24. The molecule has 77 heavy (non-hydrogen) atoms. The molecule has 2 aliphatic rings. The first kappa shape index (κ1) is 54.5. The lowest BCUT2D eigenvalue weighted by Crippen LogP contribution is -2.16. The fraction of sp³-hybridized carbons (Fsp3) is 0.404. The molecule has 0 aromatic carbocycles. The van der Waals surface area contributed by atoms with Crippen molar-refractivity contribution in [1.82, 2.24) is 48.6 Å². The van der Waals surface area contributed by atoms with Gasteiger partial charge in [0.05, 0.1) is 48.2 Å². The predicted octanol–water partition coefficient (Wildman–Crippen LogP) is 8.96. The zero-order valence-corrected chi connectivity index (χ0v) is 44.1. The highest BCUT2D eigenvalue weighted by Gasteiger charge is 2.28. The highest BCUT2D eigenvalue weighted by atomic mass is 16.6. The van der Waals surface area contributed by atoms with Crippen LogP contribution in [0.2, 0.25) is 0 Å². The van der Waals surface area contributed by atoms with Gasteiger partial charge in [0.25, 0.3) is 0 Å². The number of hydrogen-bond acceptors (Lipinski definition) is 16. The van der Waals surface area contributed by atoms with E-state index in [1.54, 1.807) is 20.8 Å². The molecule has 0 spiro atoms. The van der Waals surface area contributed by atoms with Crippen molar-refractivity contribution in [3.05, 3.63) is 136 Å². The van der Waals surface area contributed by atoms with Gasteiger partial charge in [-0.05, 0) is 127 Å². The van der Waals surface area contributed by atoms with Crippen LogP contribution in [0.5, 0.6) is 0 Å². The summed E-state index contributed by atoms with van der Waals surface area (Å²) >= 11 is 0. The number of aromatic amines is 2. The number of ether oxygens (including phenoxy) is 3. The molecule has 6 aromatic heterocycles. The summed E-state index contributed by atoms with van der Waals surface area (Å²) < 4.78 is 22.8. The van der Waals surface area contributed by atoms with Crippen LogP contribution in [0.1, 0.15) is 116 Å². The van der Waals surface area contributed by atoms with E-state index in [0.717, 1.165) is 50.7 Å². The van der Waals surface area contributed by atoms with Crippen molar-refractivity contribution in [1.29, 1.82) is 0 Å². The van der Waals surface area contributed by atoms with Gasteiger partial charge in [-0.25, -0.2) is 38.6 Å². The van der Waals surface area contributed by atoms with E-state index in [0.29, 0.717) is 62.3 Å². The molecule has 0 fully saturated rings. The number of carboxylic acid groups (broad SMARTS) is 1. The SMILES string of the molecule is CC1=C(CCC(=O)OCCn2c([N+](=O)[O-])cnc2C)c2cc3[nH]c(cc4nc(cc5[nH]c(cc1n2)c(C(C)OCCn1c([N+](=O)[O-])cnc1C)c5C)C(C(C)OCCn1c([N+](=O)[O-])cnc1C)=C4C)c(C)c3CCC(=O)O. The third kappa shape index (κ3) is 11.4. The first-order valence-electron chi connectivity index (χ1n) is 24.9. The van der Waals surface area contributed by atoms with E-state index in [4.69, 9.17) is 24.2 Å². The third-order valence-corrected chi connectivity index (χ3v) is 14.2. The second-order valence-electron chi connectivity index (χ2n) is 18.9. The molecule has 404 valence electrons. The zero-order chi connectivity index (χ0) is 55.6. The smallest absolute Gasteiger partial charge is 0.342 e. The van der Waals surface area contributed by atoms with Gasteiger partial charge in [-0.2, -0.15) is 0 Å². The maximum atomic E-state index is 13.4. The number of hydrogen-bond donors (Lipinski definition) is 3. The van der Waals surface area contributed by atoms with Gasteiger partial charge in [0, 0.05) is 66.8 Å². The Hall–Kier alpha value is -8.71. The van der Waals surface area contributed by atoms with Crippen LogP contribution in [0.15, 0.2) is 42.9 Å². The predicted molar refractivity (Wildman–Crippen MR) is 282 cm³/mol. The van der Waals surface area contributed by atoms with Gasteiger partial charge in [0.15, 0.2) is 17.5 Å². The summed E-state index contributed by atoms with van der Waals surface area (Å²) in [6, 6.07) is 7.59. The molecular weight excluding hydrogens is 999 g/mol. The molecule has 3 N–H and O–H groups in total. The fourth-order valence-electron chi connectivity index (χ4n) is 10.0. The number of carbonyl (C=O) groups excluding carboxylic acids is 1. The number of H-pyrrole nitrogens is 2. The number of nitrogens with zero attached hydrogens (tertiary/aromatic N) is 11. The van der Waals surface area contributed by atoms with Gasteiger partial charge < -0.3 is 59.6 Å². The standard InChI is InChI=1S/C52H59N13O12/c1-27-36(10-12-49(66)67)42-23-43-37(11-13-50(68)77-19-16-62-35(9)55-26-48(62)65(73)74)28(2)39(57-43)21-44-52(32(6)76-18-15-61-34(8)54-25-47(61)64(71)72)30(4)41(59-44)22-45-51(29(3)40(58-45)20-38(27)56-42)31(5)75-17-14-60-33(7)53-24-46(60)63(69)70/h20-26,31-32,56,59H,10-19H2,1-9H3,(H,66,67). The van der Waals surface area contributed by atoms with E-state index in [9.17, 15) is 45.0 Å². The van der Waals surface area contributed by atoms with Crippen molar-refractivity contribution in [2.45, 2.75) is 120 Å². The molecule has 6 aromatic rings. The lowest BCUT2D eigenvalue weighted by Gasteiger charge is -2.16. The number of allylic oxidation sites excluding steroid dienone is 3. The van der Waals surface area contributed by atoms with Crippen LogP contribution in [-0.4, -0.2) is 106 Å². The zero-order valence-electron chi connectivity index (χ0n) is 44.1. The number of aliphatic carboxylic acids is 1. The summed E-state index contributed by atoms with van der Waals surface area (Å²) in [5.74, 6) is -0.681. The van der Waals surface area contributed by atoms with Crippen LogP contribution < -0.4 is 0 Å². The van der Waals surface area contributed by atoms with E-state index >= 15 is 0 Å². The quantitative estimate of drug-likeness (QED) is 0.0324. The normalized spacial score (nSPS) is 13.4. The largest absolute Gasteiger partial charge is 0.481 e. The maximum Gasteiger partial charge on any atom is 0.342 e. The molecule has 2 aliphatic heterocycles. The van der Waals surface area contributed by atoms with E-state index in [1.165, 1.54) is 26.1 Å². The number of rotatable bonds is 22. The Bertz CT molecular complexity index is 3590. The van der Waals surface area contributed by atoms with Crippen LogP contribution in [0.25, 0.3) is 44.4 Å². The van der Waals surface area contributed by atoms with Crippen molar-refractivity contribution < 1.29 is 43.7 Å². The Labute approximate surface area is 440 Å². The second-order valence-corrected chi connectivity index (χ2v) is 18.9. The molecule has 0 aliphatic carbocycles. The highest BCUT2D eigenvalue weighted by Crippen LogP contribution is 2.39. The first-order chi connectivity index (χ1) is 36.6. The van der Waals surface area contributed by atoms with Crippen molar-refractivity contribution in [3.63, 3.8) is 0 Å². The molecule has 0 amide bonds. The third-order valence-electron chi connectivity index (χ3n) is 14.2. The number of imidazole rings is 3. The molecule has 25 heteroatoms. The minimum atomic E-state index is -0.977. The summed E-state index contributed by atoms with van der Waals surface area (Å²) in [5, 5.41) is 45.0. The molecule has 2 atom stereocenters. The van der Waals surface area contributed by atoms with Gasteiger partial charge in [-0.1, -0.05) is 0 Å². The number of carbonyl (C=O) groups is 2. The number of nitro groups is 3. The Morgan fingerprint density at radius 2 is 1.06 bits per heavy atom. The Morgan fingerprint density at radius 1 is 0.597 bits per heavy atom. The van der Waals surface area contributed by atoms with E-state index in [1.807, 2.05) is 65.8 Å². The average Bonchev–Trinajstić information content (AvgIpc) is 4.33. The van der Waals surface area contributed by atoms with Crippen LogP contribution in [0, 0.1) is 65.0 Å². The average molecular weight is 1060 g/mol. The summed E-state index contributed by atoms with van der Waals surface area (Å²) in [5.41, 5.74) is 11.0. The number of aromatic nitrogens is 10. The molecule has 0 saturated heterocycles. The molecule has 25 nitrogen and oxygen atoms in total. The molecule has 2 unspecified atom stereocenters. The number of esters is 1. The summed E-state index contributed by atoms with van der Waals surface area (Å²) in [4.78, 5) is 88.9. The van der Waals surface area contributed by atoms with E-state index in [-0.39, 0.29) is 82.6 Å². The van der Waals surface area contributed by atoms with Gasteiger partial charge in [0.1, 0.15) is 44.8 Å². The number of nitrogens with one attached hydrogen (secondary N) is 2. The minimum absolute atomic E-state index is 0.0342. The molecule has 0 radical (unpaired) electrons. The van der Waals surface area contributed by atoms with Crippen molar-refractivity contribution in [3.8, 4) is 0 Å². The summed E-state index contributed by atoms with van der Waals surface area (Å²) in [6.07, 6.45) is 2.60. The number of fused-ring (bicyclic) bond motifs is 8. The van der Waals surface area contributed by atoms with Crippen molar-refractivity contribution in [2.24, 2.45) is 0 Å². The Morgan fingerprint density at radius 3 is 1.62 bits per heavy atom. The molecular formula is C52H59N13O12. The van der Waals surface area contributed by atoms with Gasteiger partial charge in [0.2, 0.25) is 0 Å². The van der Waals surface area contributed by atoms with Crippen molar-refractivity contribution >= 4 is 73.8 Å². The van der Waals surface area contributed by atoms with Crippen molar-refractivity contribution in [2.75, 3.05) is 19.8 Å². The maximum absolute atomic E-state index is 13.4. The van der Waals surface area contributed by atoms with Gasteiger partial charge in [-0.3, -0.25) is 9.59 Å². The molecule has 0 saturated carbocycles. The molecule has 8 rings (SSSR count). The monoisotopic (exact) mass is 1060 g/mol. The van der Waals surface area contributed by atoms with Gasteiger partial charge >= 0.3 is 29.4 Å². The highest BCUT2D eigenvalue weighted by molar-refractivity contribution is 5.96. The van der Waals surface area contributed by atoms with Crippen LogP contribution in [0.3, 0.4) is 0 Å². The van der Waals surface area contributed by atoms with E-state index in [2.05, 4.69) is 24.9 Å². The van der Waals surface area contributed by atoms with Crippen LogP contribution in [0.4, 0.5) is 17.5 Å². The second kappa shape index (κ2) is 22.6. The van der Waals surface area contributed by atoms with Crippen LogP contribution in [-0.2, 0) is 49.9 Å². The number of carboxylic acids is 1. The number of aryl methyl sites for hydroxylation is 6. The topological polar surface area (TPSA) is 322 Å². The van der Waals surface area contributed by atoms with Crippen LogP contribution >= 0.6 is 0 Å². The molecule has 8 heterocycles. The molecule has 8 bridgehead atoms. The summed E-state index contributed by atoms with van der Waals surface area (Å²) in [7, 11) is 0. The van der Waals surface area contributed by atoms with Gasteiger partial charge in [-0.15, -0.1) is 0 Å². The summed E-state index contributed by atoms with van der Waals surface area (Å²) in [6.45, 7) is 16.9. The first-order valence-corrected chi connectivity index (χ1v) is 24.9. The lowest BCUT2D eigenvalue weighted by molar-refractivity contribution is -0.392. The lowest BCUT2D eigenvalue weighted by atomic mass is 9.99.